The standard InChI is InChI=1S/C23H26N4O2/c1-4-5-22(28)26-20(17-8-6-16(2)7-9-17)14-21(27-23(26)24-15-25-27)18-10-12-19(29-3)13-11-18/h6-13,15,20-21H,4-5,14H2,1-3H3/t20-,21-/m0/s1. The van der Waals surface area contributed by atoms with Crippen molar-refractivity contribution in [1.82, 2.24) is 14.8 Å². The first-order chi connectivity index (χ1) is 14.1. The van der Waals surface area contributed by atoms with Crippen molar-refractivity contribution in [2.24, 2.45) is 0 Å². The number of methoxy groups -OCH3 is 1. The lowest BCUT2D eigenvalue weighted by Gasteiger charge is -2.39. The van der Waals surface area contributed by atoms with Gasteiger partial charge in [-0.15, -0.1) is 0 Å². The number of anilines is 1. The first-order valence-electron chi connectivity index (χ1n) is 10.0. The molecule has 0 saturated carbocycles. The number of ether oxygens (including phenoxy) is 1. The number of carbonyl (C=O) groups excluding carboxylic acids is 1. The summed E-state index contributed by atoms with van der Waals surface area (Å²) in [6.45, 7) is 4.09. The highest BCUT2D eigenvalue weighted by molar-refractivity contribution is 5.92. The maximum Gasteiger partial charge on any atom is 0.231 e. The second-order valence-corrected chi connectivity index (χ2v) is 7.47. The van der Waals surface area contributed by atoms with Crippen LogP contribution in [0.1, 0.15) is 55.0 Å². The Kier molecular flexibility index (Phi) is 5.34. The number of benzene rings is 2. The number of hydrogen-bond donors (Lipinski definition) is 0. The Bertz CT molecular complexity index is 979. The van der Waals surface area contributed by atoms with Crippen LogP contribution in [0.15, 0.2) is 54.9 Å². The molecule has 0 saturated heterocycles. The van der Waals surface area contributed by atoms with Crippen LogP contribution in [-0.2, 0) is 4.79 Å². The maximum atomic E-state index is 13.1. The van der Waals surface area contributed by atoms with E-state index in [0.717, 1.165) is 29.7 Å². The van der Waals surface area contributed by atoms with Crippen LogP contribution in [0.4, 0.5) is 5.95 Å². The summed E-state index contributed by atoms with van der Waals surface area (Å²) in [5.74, 6) is 1.51. The highest BCUT2D eigenvalue weighted by Crippen LogP contribution is 2.42. The van der Waals surface area contributed by atoms with E-state index in [9.17, 15) is 4.79 Å². The Labute approximate surface area is 171 Å². The van der Waals surface area contributed by atoms with Gasteiger partial charge in [-0.2, -0.15) is 10.1 Å². The number of rotatable bonds is 5. The average Bonchev–Trinajstić information content (AvgIpc) is 3.23. The normalized spacial score (nSPS) is 18.4. The van der Waals surface area contributed by atoms with Crippen LogP contribution >= 0.6 is 0 Å². The van der Waals surface area contributed by atoms with E-state index >= 15 is 0 Å². The van der Waals surface area contributed by atoms with Crippen LogP contribution < -0.4 is 9.64 Å². The second kappa shape index (κ2) is 8.07. The van der Waals surface area contributed by atoms with Crippen LogP contribution in [0, 0.1) is 6.92 Å². The Balaban J connectivity index is 1.79. The number of aromatic nitrogens is 3. The van der Waals surface area contributed by atoms with Gasteiger partial charge in [0.05, 0.1) is 19.2 Å². The molecule has 6 nitrogen and oxygen atoms in total. The summed E-state index contributed by atoms with van der Waals surface area (Å²) in [4.78, 5) is 19.4. The number of fused-ring (bicyclic) bond motifs is 1. The molecule has 150 valence electrons. The molecular weight excluding hydrogens is 364 g/mol. The minimum atomic E-state index is -0.0848. The molecule has 0 unspecified atom stereocenters. The number of aryl methyl sites for hydroxylation is 1. The summed E-state index contributed by atoms with van der Waals surface area (Å²) in [7, 11) is 1.66. The minimum absolute atomic E-state index is 0.00427. The van der Waals surface area contributed by atoms with E-state index in [1.807, 2.05) is 28.6 Å². The van der Waals surface area contributed by atoms with Crippen molar-refractivity contribution in [1.29, 1.82) is 0 Å². The molecule has 0 aliphatic carbocycles. The quantitative estimate of drug-likeness (QED) is 0.645. The molecule has 1 aliphatic rings. The zero-order valence-corrected chi connectivity index (χ0v) is 17.1. The van der Waals surface area contributed by atoms with Gasteiger partial charge in [0.15, 0.2) is 0 Å². The SMILES string of the molecule is CCCC(=O)N1c2ncnn2[C@H](c2ccc(OC)cc2)C[C@H]1c1ccc(C)cc1. The van der Waals surface area contributed by atoms with Crippen molar-refractivity contribution in [2.75, 3.05) is 12.0 Å². The number of hydrogen-bond acceptors (Lipinski definition) is 4. The highest BCUT2D eigenvalue weighted by atomic mass is 16.5. The van der Waals surface area contributed by atoms with Gasteiger partial charge in [-0.3, -0.25) is 9.69 Å². The van der Waals surface area contributed by atoms with E-state index in [-0.39, 0.29) is 18.0 Å². The van der Waals surface area contributed by atoms with Crippen LogP contribution in [0.2, 0.25) is 0 Å². The molecule has 0 fully saturated rings. The molecule has 6 heteroatoms. The first-order valence-corrected chi connectivity index (χ1v) is 10.0. The van der Waals surface area contributed by atoms with Gasteiger partial charge in [0, 0.05) is 6.42 Å². The van der Waals surface area contributed by atoms with Gasteiger partial charge in [0.2, 0.25) is 11.9 Å². The molecule has 4 rings (SSSR count). The Morgan fingerprint density at radius 1 is 1.07 bits per heavy atom. The van der Waals surface area contributed by atoms with Crippen molar-refractivity contribution >= 4 is 11.9 Å². The Hall–Kier alpha value is -3.15. The molecule has 0 radical (unpaired) electrons. The summed E-state index contributed by atoms with van der Waals surface area (Å²) >= 11 is 0. The van der Waals surface area contributed by atoms with Crippen molar-refractivity contribution in [2.45, 2.75) is 45.2 Å². The largest absolute Gasteiger partial charge is 0.497 e. The maximum absolute atomic E-state index is 13.1. The van der Waals surface area contributed by atoms with E-state index in [1.54, 1.807) is 7.11 Å². The topological polar surface area (TPSA) is 60.2 Å². The lowest BCUT2D eigenvalue weighted by molar-refractivity contribution is -0.119. The van der Waals surface area contributed by atoms with E-state index in [0.29, 0.717) is 12.4 Å². The van der Waals surface area contributed by atoms with Gasteiger partial charge in [0.1, 0.15) is 12.1 Å². The fraction of sp³-hybridized carbons (Fsp3) is 0.348. The zero-order chi connectivity index (χ0) is 20.4. The van der Waals surface area contributed by atoms with Crippen molar-refractivity contribution in [3.63, 3.8) is 0 Å². The van der Waals surface area contributed by atoms with E-state index < -0.39 is 0 Å². The Morgan fingerprint density at radius 2 is 1.72 bits per heavy atom. The molecule has 1 amide bonds. The van der Waals surface area contributed by atoms with Crippen molar-refractivity contribution in [3.8, 4) is 5.75 Å². The second-order valence-electron chi connectivity index (χ2n) is 7.47. The van der Waals surface area contributed by atoms with Crippen LogP contribution in [0.3, 0.4) is 0 Å². The third kappa shape index (κ3) is 3.62. The highest BCUT2D eigenvalue weighted by Gasteiger charge is 2.38. The molecule has 2 atom stereocenters. The lowest BCUT2D eigenvalue weighted by Crippen LogP contribution is -2.42. The van der Waals surface area contributed by atoms with Crippen LogP contribution in [0.5, 0.6) is 5.75 Å². The van der Waals surface area contributed by atoms with Gasteiger partial charge in [-0.25, -0.2) is 4.68 Å². The minimum Gasteiger partial charge on any atom is -0.497 e. The van der Waals surface area contributed by atoms with Crippen LogP contribution in [-0.4, -0.2) is 27.8 Å². The van der Waals surface area contributed by atoms with Gasteiger partial charge in [0.25, 0.3) is 0 Å². The molecule has 29 heavy (non-hydrogen) atoms. The van der Waals surface area contributed by atoms with E-state index in [4.69, 9.17) is 4.74 Å². The molecule has 2 heterocycles. The fourth-order valence-electron chi connectivity index (χ4n) is 3.99. The number of carbonyl (C=O) groups is 1. The predicted molar refractivity (Wildman–Crippen MR) is 112 cm³/mol. The number of amides is 1. The Morgan fingerprint density at radius 3 is 2.38 bits per heavy atom. The molecule has 1 aromatic heterocycles. The third-order valence-corrected chi connectivity index (χ3v) is 5.52. The predicted octanol–water partition coefficient (Wildman–Crippen LogP) is 4.46. The monoisotopic (exact) mass is 390 g/mol. The zero-order valence-electron chi connectivity index (χ0n) is 17.1. The molecule has 0 spiro atoms. The molecule has 1 aliphatic heterocycles. The number of nitrogens with zero attached hydrogens (tertiary/aromatic N) is 4. The molecule has 0 N–H and O–H groups in total. The van der Waals surface area contributed by atoms with Crippen molar-refractivity contribution in [3.05, 3.63) is 71.5 Å². The molecule has 2 aromatic carbocycles. The van der Waals surface area contributed by atoms with Gasteiger partial charge in [-0.05, 0) is 43.0 Å². The average molecular weight is 390 g/mol. The first kappa shape index (κ1) is 19.2. The summed E-state index contributed by atoms with van der Waals surface area (Å²) in [6, 6.07) is 16.4. The van der Waals surface area contributed by atoms with Gasteiger partial charge in [-0.1, -0.05) is 48.9 Å². The van der Waals surface area contributed by atoms with Crippen molar-refractivity contribution < 1.29 is 9.53 Å². The molecular formula is C23H26N4O2. The van der Waals surface area contributed by atoms with E-state index in [2.05, 4.69) is 53.4 Å². The molecule has 3 aromatic rings. The summed E-state index contributed by atoms with van der Waals surface area (Å²) < 4.78 is 7.18. The van der Waals surface area contributed by atoms with Gasteiger partial charge >= 0.3 is 0 Å². The van der Waals surface area contributed by atoms with E-state index in [1.165, 1.54) is 11.9 Å². The smallest absolute Gasteiger partial charge is 0.231 e. The summed E-state index contributed by atoms with van der Waals surface area (Å²) in [6.07, 6.45) is 3.56. The fourth-order valence-corrected chi connectivity index (χ4v) is 3.99. The summed E-state index contributed by atoms with van der Waals surface area (Å²) in [5, 5.41) is 4.47. The lowest BCUT2D eigenvalue weighted by atomic mass is 9.91. The summed E-state index contributed by atoms with van der Waals surface area (Å²) in [5.41, 5.74) is 3.44. The van der Waals surface area contributed by atoms with Crippen LogP contribution in [0.25, 0.3) is 0 Å². The third-order valence-electron chi connectivity index (χ3n) is 5.52. The van der Waals surface area contributed by atoms with Gasteiger partial charge < -0.3 is 4.74 Å². The molecule has 0 bridgehead atoms.